The lowest BCUT2D eigenvalue weighted by molar-refractivity contribution is -0.139. The molecule has 0 saturated carbocycles. The van der Waals surface area contributed by atoms with E-state index in [0.29, 0.717) is 43.6 Å². The topological polar surface area (TPSA) is 268 Å². The maximum absolute atomic E-state index is 13.1. The molecule has 0 aliphatic carbocycles. The largest absolute Gasteiger partial charge is 0.494 e. The first kappa shape index (κ1) is 40.1. The molecule has 0 aliphatic rings. The van der Waals surface area contributed by atoms with Crippen LogP contribution in [-0.2, 0) is 29.2 Å². The van der Waals surface area contributed by atoms with Crippen molar-refractivity contribution in [2.45, 2.75) is 36.7 Å². The zero-order chi connectivity index (χ0) is 39.0. The van der Waals surface area contributed by atoms with Gasteiger partial charge in [0.25, 0.3) is 5.91 Å². The van der Waals surface area contributed by atoms with E-state index < -0.39 is 52.4 Å². The number of ether oxygens (including phenoxy) is 1. The van der Waals surface area contributed by atoms with Crippen molar-refractivity contribution in [3.63, 3.8) is 0 Å². The van der Waals surface area contributed by atoms with E-state index >= 15 is 0 Å². The minimum absolute atomic E-state index is 0.109. The quantitative estimate of drug-likeness (QED) is 0.0565. The number of benzene rings is 3. The van der Waals surface area contributed by atoms with Crippen molar-refractivity contribution < 1.29 is 47.3 Å². The second kappa shape index (κ2) is 17.2. The highest BCUT2D eigenvalue weighted by Gasteiger charge is 2.25. The van der Waals surface area contributed by atoms with Gasteiger partial charge in [-0.25, -0.2) is 13.4 Å². The third-order valence-corrected chi connectivity index (χ3v) is 9.56. The van der Waals surface area contributed by atoms with E-state index in [2.05, 4.69) is 26.0 Å². The Hall–Kier alpha value is -5.66. The standard InChI is InChI=1S/C34H39N7O10S2/c1-17-7-5-8-19-28(17)39-30-20(9-6-10-21(30)32(45)36-2)29(19)40-31-24(51-3)13-18(41-53(4,49)50)14-25(31)52-16-23(33(46)37-15-27(43)44)38-26(42)12-11-22(35)34(47)48/h5-10,13-14,22-23,41H,11-12,15-16,35H2,1-4H3,(H,36,45)(H,37,46)(H,38,42)(H,39,40)(H,43,44)(H,47,48)/t22-,23-/m0/s1. The van der Waals surface area contributed by atoms with Crippen molar-refractivity contribution in [1.82, 2.24) is 20.9 Å². The molecule has 19 heteroatoms. The summed E-state index contributed by atoms with van der Waals surface area (Å²) < 4.78 is 32.7. The fraction of sp³-hybridized carbons (Fsp3) is 0.294. The average molecular weight is 770 g/mol. The second-order valence-corrected chi connectivity index (χ2v) is 14.6. The van der Waals surface area contributed by atoms with Crippen LogP contribution < -0.4 is 36.5 Å². The normalized spacial score (nSPS) is 12.4. The summed E-state index contributed by atoms with van der Waals surface area (Å²) in [4.78, 5) is 66.4. The lowest BCUT2D eigenvalue weighted by Crippen LogP contribution is -2.49. The number of hydrogen-bond acceptors (Lipinski definition) is 12. The van der Waals surface area contributed by atoms with Gasteiger partial charge in [-0.2, -0.15) is 0 Å². The van der Waals surface area contributed by atoms with Crippen molar-refractivity contribution in [3.8, 4) is 5.75 Å². The molecule has 0 fully saturated rings. The predicted molar refractivity (Wildman–Crippen MR) is 200 cm³/mol. The van der Waals surface area contributed by atoms with Gasteiger partial charge < -0.3 is 42.0 Å². The van der Waals surface area contributed by atoms with Crippen LogP contribution in [-0.4, -0.2) is 98.1 Å². The molecule has 0 radical (unpaired) electrons. The predicted octanol–water partition coefficient (Wildman–Crippen LogP) is 2.15. The molecule has 3 amide bonds. The maximum atomic E-state index is 13.1. The number of nitrogens with two attached hydrogens (primary N) is 1. The van der Waals surface area contributed by atoms with Crippen molar-refractivity contribution in [3.05, 3.63) is 59.7 Å². The second-order valence-electron chi connectivity index (χ2n) is 11.8. The molecule has 0 unspecified atom stereocenters. The SMILES string of the molecule is CNC(=O)c1cccc2c(Nc3c(OC)cc(NS(C)(=O)=O)cc3SC[C@H](NC(=O)CC[C@H](N)C(=O)O)C(=O)NCC(=O)O)c3cccc(C)c3nc12. The Morgan fingerprint density at radius 2 is 1.68 bits per heavy atom. The summed E-state index contributed by atoms with van der Waals surface area (Å²) in [5.74, 6) is -4.58. The first-order valence-corrected chi connectivity index (χ1v) is 18.8. The van der Waals surface area contributed by atoms with Crippen LogP contribution in [0.5, 0.6) is 5.75 Å². The average Bonchev–Trinajstić information content (AvgIpc) is 3.10. The Morgan fingerprint density at radius 1 is 1.00 bits per heavy atom. The van der Waals surface area contributed by atoms with Crippen LogP contribution in [0, 0.1) is 6.92 Å². The lowest BCUT2D eigenvalue weighted by atomic mass is 10.0. The first-order chi connectivity index (χ1) is 25.0. The van der Waals surface area contributed by atoms with Crippen molar-refractivity contribution in [1.29, 1.82) is 0 Å². The Morgan fingerprint density at radius 3 is 2.30 bits per heavy atom. The van der Waals surface area contributed by atoms with Crippen molar-refractivity contribution in [2.24, 2.45) is 5.73 Å². The number of aliphatic carboxylic acids is 2. The van der Waals surface area contributed by atoms with E-state index in [-0.39, 0.29) is 35.9 Å². The molecule has 9 N–H and O–H groups in total. The van der Waals surface area contributed by atoms with E-state index in [0.717, 1.165) is 23.6 Å². The molecular weight excluding hydrogens is 731 g/mol. The summed E-state index contributed by atoms with van der Waals surface area (Å²) in [7, 11) is -0.890. The number of nitrogens with one attached hydrogen (secondary N) is 5. The molecule has 17 nitrogen and oxygen atoms in total. The number of anilines is 3. The number of carbonyl (C=O) groups excluding carboxylic acids is 3. The lowest BCUT2D eigenvalue weighted by Gasteiger charge is -2.22. The molecule has 1 heterocycles. The summed E-state index contributed by atoms with van der Waals surface area (Å²) >= 11 is 1.00. The number of amides is 3. The summed E-state index contributed by atoms with van der Waals surface area (Å²) in [6, 6.07) is 11.0. The third kappa shape index (κ3) is 10.2. The highest BCUT2D eigenvalue weighted by atomic mass is 32.2. The molecule has 282 valence electrons. The summed E-state index contributed by atoms with van der Waals surface area (Å²) in [5.41, 5.74) is 8.63. The van der Waals surface area contributed by atoms with Gasteiger partial charge in [0.05, 0.1) is 47.0 Å². The van der Waals surface area contributed by atoms with Crippen LogP contribution in [0.1, 0.15) is 28.8 Å². The number of aryl methyl sites for hydroxylation is 1. The van der Waals surface area contributed by atoms with Crippen LogP contribution >= 0.6 is 11.8 Å². The summed E-state index contributed by atoms with van der Waals surface area (Å²) in [6.45, 7) is 1.13. The third-order valence-electron chi connectivity index (χ3n) is 7.82. The number of methoxy groups -OCH3 is 1. The number of rotatable bonds is 17. The van der Waals surface area contributed by atoms with Crippen LogP contribution in [0.3, 0.4) is 0 Å². The smallest absolute Gasteiger partial charge is 0.322 e. The van der Waals surface area contributed by atoms with Gasteiger partial charge in [0, 0.05) is 41.0 Å². The number of para-hydroxylation sites is 2. The fourth-order valence-corrected chi connectivity index (χ4v) is 6.92. The maximum Gasteiger partial charge on any atom is 0.322 e. The number of nitrogens with zero attached hydrogens (tertiary/aromatic N) is 1. The first-order valence-electron chi connectivity index (χ1n) is 15.9. The monoisotopic (exact) mass is 769 g/mol. The number of hydrogen-bond donors (Lipinski definition) is 8. The van der Waals surface area contributed by atoms with Gasteiger partial charge in [-0.05, 0) is 31.0 Å². The fourth-order valence-electron chi connectivity index (χ4n) is 5.29. The number of pyridine rings is 1. The van der Waals surface area contributed by atoms with Gasteiger partial charge in [0.2, 0.25) is 21.8 Å². The van der Waals surface area contributed by atoms with Crippen molar-refractivity contribution >= 4 is 90.3 Å². The van der Waals surface area contributed by atoms with Gasteiger partial charge in [0.1, 0.15) is 24.4 Å². The Bertz CT molecular complexity index is 2200. The zero-order valence-corrected chi connectivity index (χ0v) is 30.7. The molecule has 4 aromatic rings. The van der Waals surface area contributed by atoms with Crippen LogP contribution in [0.25, 0.3) is 21.8 Å². The highest BCUT2D eigenvalue weighted by Crippen LogP contribution is 2.44. The van der Waals surface area contributed by atoms with Gasteiger partial charge >= 0.3 is 11.9 Å². The minimum atomic E-state index is -3.77. The van der Waals surface area contributed by atoms with Gasteiger partial charge in [0.15, 0.2) is 0 Å². The summed E-state index contributed by atoms with van der Waals surface area (Å²) in [5, 5.41) is 30.3. The van der Waals surface area contributed by atoms with Crippen LogP contribution in [0.15, 0.2) is 53.4 Å². The Kier molecular flexibility index (Phi) is 13.0. The number of aromatic nitrogens is 1. The number of carbonyl (C=O) groups is 5. The molecule has 0 aliphatic heterocycles. The van der Waals surface area contributed by atoms with Crippen LogP contribution in [0.4, 0.5) is 17.1 Å². The number of carboxylic acids is 2. The van der Waals surface area contributed by atoms with E-state index in [9.17, 15) is 32.4 Å². The Balaban J connectivity index is 1.85. The molecule has 3 aromatic carbocycles. The van der Waals surface area contributed by atoms with Gasteiger partial charge in [-0.15, -0.1) is 11.8 Å². The van der Waals surface area contributed by atoms with E-state index in [1.54, 1.807) is 18.2 Å². The molecule has 4 rings (SSSR count). The number of carboxylic acid groups (broad SMARTS) is 2. The molecular formula is C34H39N7O10S2. The number of fused-ring (bicyclic) bond motifs is 2. The van der Waals surface area contributed by atoms with Crippen LogP contribution in [0.2, 0.25) is 0 Å². The van der Waals surface area contributed by atoms with Crippen molar-refractivity contribution in [2.75, 3.05) is 42.7 Å². The van der Waals surface area contributed by atoms with E-state index in [1.165, 1.54) is 26.3 Å². The highest BCUT2D eigenvalue weighted by molar-refractivity contribution is 7.99. The Labute approximate surface area is 308 Å². The zero-order valence-electron chi connectivity index (χ0n) is 29.1. The summed E-state index contributed by atoms with van der Waals surface area (Å²) in [6.07, 6.45) is 0.404. The minimum Gasteiger partial charge on any atom is -0.494 e. The molecule has 1 aromatic heterocycles. The molecule has 53 heavy (non-hydrogen) atoms. The molecule has 0 saturated heterocycles. The number of thioether (sulfide) groups is 1. The molecule has 2 atom stereocenters. The van der Waals surface area contributed by atoms with E-state index in [1.807, 2.05) is 25.1 Å². The molecule has 0 spiro atoms. The van der Waals surface area contributed by atoms with Gasteiger partial charge in [-0.3, -0.25) is 28.7 Å². The van der Waals surface area contributed by atoms with Gasteiger partial charge in [-0.1, -0.05) is 30.3 Å². The van der Waals surface area contributed by atoms with E-state index in [4.69, 9.17) is 25.7 Å². The number of sulfonamides is 1. The molecule has 0 bridgehead atoms.